The highest BCUT2D eigenvalue weighted by Crippen LogP contribution is 2.28. The van der Waals surface area contributed by atoms with E-state index in [-0.39, 0.29) is 11.8 Å². The largest absolute Gasteiger partial charge is 0.492 e. The number of carbonyl (C=O) groups is 2. The summed E-state index contributed by atoms with van der Waals surface area (Å²) < 4.78 is 11.2. The van der Waals surface area contributed by atoms with Crippen LogP contribution >= 0.6 is 46.4 Å². The maximum absolute atomic E-state index is 12.2. The second-order valence-electron chi connectivity index (χ2n) is 8.43. The van der Waals surface area contributed by atoms with Gasteiger partial charge < -0.3 is 20.1 Å². The molecule has 0 atom stereocenters. The van der Waals surface area contributed by atoms with E-state index in [0.29, 0.717) is 83.6 Å². The fourth-order valence-corrected chi connectivity index (χ4v) is 4.37. The summed E-state index contributed by atoms with van der Waals surface area (Å²) in [6, 6.07) is 17.7. The van der Waals surface area contributed by atoms with E-state index in [0.717, 1.165) is 11.1 Å². The first-order chi connectivity index (χ1) is 18.3. The Bertz CT molecular complexity index is 1150. The van der Waals surface area contributed by atoms with Gasteiger partial charge in [0.15, 0.2) is 0 Å². The van der Waals surface area contributed by atoms with Gasteiger partial charge in [-0.1, -0.05) is 70.7 Å². The average molecular weight is 598 g/mol. The molecule has 6 nitrogen and oxygen atoms in total. The third-order valence-electron chi connectivity index (χ3n) is 5.37. The van der Waals surface area contributed by atoms with Gasteiger partial charge in [0, 0.05) is 36.0 Å². The van der Waals surface area contributed by atoms with Gasteiger partial charge in [-0.05, 0) is 60.4 Å². The quantitative estimate of drug-likeness (QED) is 0.192. The number of halogens is 4. The standard InChI is InChI=1S/C28H28Cl4N2O4/c29-21-8-10-25(23(31)15-21)37-12-2-6-27(35)33-17-19-4-1-5-20(14-19)18-34-28(36)7-3-13-38-26-11-9-22(30)16-24(26)32/h1,4-5,8-11,14-16H,2-3,6-7,12-13,17-18H2,(H,33,35)(H,34,36). The molecule has 0 aliphatic carbocycles. The van der Waals surface area contributed by atoms with Crippen molar-refractivity contribution in [3.05, 3.63) is 91.9 Å². The van der Waals surface area contributed by atoms with Crippen LogP contribution in [-0.2, 0) is 22.7 Å². The van der Waals surface area contributed by atoms with Gasteiger partial charge in [-0.3, -0.25) is 9.59 Å². The third-order valence-corrected chi connectivity index (χ3v) is 6.43. The molecule has 0 spiro atoms. The van der Waals surface area contributed by atoms with Crippen molar-refractivity contribution in [3.63, 3.8) is 0 Å². The number of hydrogen-bond acceptors (Lipinski definition) is 4. The first kappa shape index (κ1) is 29.9. The minimum atomic E-state index is -0.0726. The molecular formula is C28H28Cl4N2O4. The van der Waals surface area contributed by atoms with E-state index in [1.165, 1.54) is 0 Å². The van der Waals surface area contributed by atoms with Gasteiger partial charge in [0.05, 0.1) is 23.3 Å². The predicted octanol–water partition coefficient (Wildman–Crippen LogP) is 7.25. The molecule has 0 bridgehead atoms. The lowest BCUT2D eigenvalue weighted by Crippen LogP contribution is -2.24. The normalized spacial score (nSPS) is 10.6. The highest BCUT2D eigenvalue weighted by Gasteiger charge is 2.07. The lowest BCUT2D eigenvalue weighted by molar-refractivity contribution is -0.122. The molecule has 3 rings (SSSR count). The molecule has 0 radical (unpaired) electrons. The van der Waals surface area contributed by atoms with Gasteiger partial charge in [0.1, 0.15) is 11.5 Å². The number of ether oxygens (including phenoxy) is 2. The van der Waals surface area contributed by atoms with Crippen LogP contribution in [0.1, 0.15) is 36.8 Å². The first-order valence-electron chi connectivity index (χ1n) is 12.1. The van der Waals surface area contributed by atoms with Crippen LogP contribution in [0, 0.1) is 0 Å². The number of rotatable bonds is 14. The Morgan fingerprint density at radius 2 is 1.08 bits per heavy atom. The SMILES string of the molecule is O=C(CCCOc1ccc(Cl)cc1Cl)NCc1cccc(CNC(=O)CCCOc2ccc(Cl)cc2Cl)c1. The van der Waals surface area contributed by atoms with Crippen molar-refractivity contribution in [1.29, 1.82) is 0 Å². The fraction of sp³-hybridized carbons (Fsp3) is 0.286. The second kappa shape index (κ2) is 15.7. The molecule has 0 saturated heterocycles. The van der Waals surface area contributed by atoms with Crippen molar-refractivity contribution < 1.29 is 19.1 Å². The Labute approximate surface area is 242 Å². The van der Waals surface area contributed by atoms with E-state index >= 15 is 0 Å². The van der Waals surface area contributed by atoms with Crippen molar-refractivity contribution in [2.24, 2.45) is 0 Å². The van der Waals surface area contributed by atoms with Crippen LogP contribution < -0.4 is 20.1 Å². The van der Waals surface area contributed by atoms with Crippen LogP contribution in [0.4, 0.5) is 0 Å². The molecule has 0 fully saturated rings. The molecule has 0 aliphatic heterocycles. The van der Waals surface area contributed by atoms with E-state index in [1.54, 1.807) is 36.4 Å². The Kier molecular flexibility index (Phi) is 12.4. The number of benzene rings is 3. The van der Waals surface area contributed by atoms with Crippen molar-refractivity contribution in [2.45, 2.75) is 38.8 Å². The summed E-state index contributed by atoms with van der Waals surface area (Å²) in [7, 11) is 0. The molecule has 0 aliphatic rings. The molecule has 2 amide bonds. The molecule has 3 aromatic rings. The second-order valence-corrected chi connectivity index (χ2v) is 10.1. The minimum absolute atomic E-state index is 0.0726. The van der Waals surface area contributed by atoms with E-state index < -0.39 is 0 Å². The van der Waals surface area contributed by atoms with Crippen LogP contribution in [0.2, 0.25) is 20.1 Å². The number of amides is 2. The summed E-state index contributed by atoms with van der Waals surface area (Å²) >= 11 is 23.9. The summed E-state index contributed by atoms with van der Waals surface area (Å²) in [5.74, 6) is 0.932. The first-order valence-corrected chi connectivity index (χ1v) is 13.6. The maximum atomic E-state index is 12.2. The summed E-state index contributed by atoms with van der Waals surface area (Å²) in [5.41, 5.74) is 1.89. The van der Waals surface area contributed by atoms with Gasteiger partial charge in [-0.15, -0.1) is 0 Å². The van der Waals surface area contributed by atoms with Crippen molar-refractivity contribution in [1.82, 2.24) is 10.6 Å². The predicted molar refractivity (Wildman–Crippen MR) is 153 cm³/mol. The lowest BCUT2D eigenvalue weighted by Gasteiger charge is -2.10. The Morgan fingerprint density at radius 3 is 1.50 bits per heavy atom. The summed E-state index contributed by atoms with van der Waals surface area (Å²) in [4.78, 5) is 24.4. The molecule has 0 saturated carbocycles. The van der Waals surface area contributed by atoms with Crippen molar-refractivity contribution in [3.8, 4) is 11.5 Å². The third kappa shape index (κ3) is 10.6. The molecule has 0 heterocycles. The molecule has 0 unspecified atom stereocenters. The monoisotopic (exact) mass is 596 g/mol. The zero-order valence-electron chi connectivity index (χ0n) is 20.6. The van der Waals surface area contributed by atoms with E-state index in [2.05, 4.69) is 10.6 Å². The Balaban J connectivity index is 1.30. The zero-order chi connectivity index (χ0) is 27.3. The van der Waals surface area contributed by atoms with Crippen LogP contribution in [0.3, 0.4) is 0 Å². The highest BCUT2D eigenvalue weighted by molar-refractivity contribution is 6.36. The Morgan fingerprint density at radius 1 is 0.632 bits per heavy atom. The van der Waals surface area contributed by atoms with Gasteiger partial charge >= 0.3 is 0 Å². The minimum Gasteiger partial charge on any atom is -0.492 e. The van der Waals surface area contributed by atoms with Crippen LogP contribution in [0.5, 0.6) is 11.5 Å². The molecule has 10 heteroatoms. The summed E-state index contributed by atoms with van der Waals surface area (Å²) in [6.07, 6.45) is 1.76. The highest BCUT2D eigenvalue weighted by atomic mass is 35.5. The molecule has 38 heavy (non-hydrogen) atoms. The van der Waals surface area contributed by atoms with E-state index in [9.17, 15) is 9.59 Å². The van der Waals surface area contributed by atoms with Crippen LogP contribution in [-0.4, -0.2) is 25.0 Å². The topological polar surface area (TPSA) is 76.7 Å². The zero-order valence-corrected chi connectivity index (χ0v) is 23.6. The summed E-state index contributed by atoms with van der Waals surface area (Å²) in [5, 5.41) is 7.76. The molecule has 3 aromatic carbocycles. The van der Waals surface area contributed by atoms with E-state index in [1.807, 2.05) is 24.3 Å². The summed E-state index contributed by atoms with van der Waals surface area (Å²) in [6.45, 7) is 1.53. The molecular weight excluding hydrogens is 570 g/mol. The number of hydrogen-bond donors (Lipinski definition) is 2. The number of nitrogens with one attached hydrogen (secondary N) is 2. The van der Waals surface area contributed by atoms with E-state index in [4.69, 9.17) is 55.9 Å². The van der Waals surface area contributed by atoms with Crippen LogP contribution in [0.15, 0.2) is 60.7 Å². The maximum Gasteiger partial charge on any atom is 0.220 e. The molecule has 0 aromatic heterocycles. The molecule has 2 N–H and O–H groups in total. The van der Waals surface area contributed by atoms with Crippen molar-refractivity contribution >= 4 is 58.2 Å². The molecule has 202 valence electrons. The smallest absolute Gasteiger partial charge is 0.220 e. The van der Waals surface area contributed by atoms with Gasteiger partial charge in [0.2, 0.25) is 11.8 Å². The number of carbonyl (C=O) groups excluding carboxylic acids is 2. The lowest BCUT2D eigenvalue weighted by atomic mass is 10.1. The Hall–Kier alpha value is -2.64. The van der Waals surface area contributed by atoms with Gasteiger partial charge in [-0.2, -0.15) is 0 Å². The van der Waals surface area contributed by atoms with Gasteiger partial charge in [0.25, 0.3) is 0 Å². The van der Waals surface area contributed by atoms with Crippen molar-refractivity contribution in [2.75, 3.05) is 13.2 Å². The van der Waals surface area contributed by atoms with Crippen LogP contribution in [0.25, 0.3) is 0 Å². The average Bonchev–Trinajstić information content (AvgIpc) is 2.89. The fourth-order valence-electron chi connectivity index (χ4n) is 3.44. The van der Waals surface area contributed by atoms with Gasteiger partial charge in [-0.25, -0.2) is 0 Å².